The summed E-state index contributed by atoms with van der Waals surface area (Å²) in [6, 6.07) is 5.23. The zero-order chi connectivity index (χ0) is 13.1. The zero-order valence-electron chi connectivity index (χ0n) is 9.55. The quantitative estimate of drug-likeness (QED) is 0.897. The third-order valence-electron chi connectivity index (χ3n) is 2.28. The highest BCUT2D eigenvalue weighted by Gasteiger charge is 2.11. The van der Waals surface area contributed by atoms with Gasteiger partial charge in [-0.05, 0) is 31.2 Å². The molecule has 2 aromatic rings. The average Bonchev–Trinajstić information content (AvgIpc) is 2.78. The molecule has 0 aliphatic rings. The number of aliphatic hydroxyl groups is 1. The van der Waals surface area contributed by atoms with Crippen molar-refractivity contribution in [3.05, 3.63) is 46.7 Å². The normalized spacial score (nSPS) is 12.2. The number of nitrogens with one attached hydrogen (secondary N) is 1. The molecule has 0 radical (unpaired) electrons. The number of carbonyl (C=O) groups excluding carboxylic acids is 1. The molecule has 0 saturated carbocycles. The van der Waals surface area contributed by atoms with E-state index >= 15 is 0 Å². The first kappa shape index (κ1) is 12.7. The SMILES string of the molecule is CC(O)c1csc(NC(=O)c2ccc(F)cc2)n1. The van der Waals surface area contributed by atoms with Crippen molar-refractivity contribution in [2.45, 2.75) is 13.0 Å². The van der Waals surface area contributed by atoms with Crippen LogP contribution in [0.25, 0.3) is 0 Å². The number of hydrogen-bond donors (Lipinski definition) is 2. The van der Waals surface area contributed by atoms with Gasteiger partial charge in [0.15, 0.2) is 5.13 Å². The molecule has 0 aliphatic carbocycles. The Bertz CT molecular complexity index is 551. The van der Waals surface area contributed by atoms with Crippen LogP contribution in [0.15, 0.2) is 29.6 Å². The van der Waals surface area contributed by atoms with Gasteiger partial charge in [-0.2, -0.15) is 0 Å². The second-order valence-electron chi connectivity index (χ2n) is 3.71. The molecule has 2 rings (SSSR count). The average molecular weight is 266 g/mol. The minimum absolute atomic E-state index is 0.352. The smallest absolute Gasteiger partial charge is 0.257 e. The van der Waals surface area contributed by atoms with E-state index in [1.165, 1.54) is 35.6 Å². The van der Waals surface area contributed by atoms with Crippen molar-refractivity contribution >= 4 is 22.4 Å². The van der Waals surface area contributed by atoms with E-state index < -0.39 is 11.9 Å². The number of nitrogens with zero attached hydrogens (tertiary/aromatic N) is 1. The molecule has 0 saturated heterocycles. The van der Waals surface area contributed by atoms with Crippen molar-refractivity contribution in [3.63, 3.8) is 0 Å². The van der Waals surface area contributed by atoms with Crippen LogP contribution in [0.3, 0.4) is 0 Å². The van der Waals surface area contributed by atoms with E-state index in [1.54, 1.807) is 12.3 Å². The Labute approximate surface area is 107 Å². The third kappa shape index (κ3) is 2.91. The van der Waals surface area contributed by atoms with Crippen molar-refractivity contribution in [2.24, 2.45) is 0 Å². The minimum Gasteiger partial charge on any atom is -0.387 e. The molecule has 4 nitrogen and oxygen atoms in total. The second kappa shape index (κ2) is 5.24. The largest absolute Gasteiger partial charge is 0.387 e. The van der Waals surface area contributed by atoms with Gasteiger partial charge in [0.05, 0.1) is 11.8 Å². The summed E-state index contributed by atoms with van der Waals surface area (Å²) in [4.78, 5) is 15.8. The molecule has 6 heteroatoms. The minimum atomic E-state index is -0.669. The van der Waals surface area contributed by atoms with Gasteiger partial charge in [-0.15, -0.1) is 11.3 Å². The molecule has 2 N–H and O–H groups in total. The Morgan fingerprint density at radius 1 is 1.44 bits per heavy atom. The second-order valence-corrected chi connectivity index (χ2v) is 4.57. The number of benzene rings is 1. The van der Waals surface area contributed by atoms with Crippen LogP contribution in [-0.4, -0.2) is 16.0 Å². The van der Waals surface area contributed by atoms with Crippen LogP contribution in [0.2, 0.25) is 0 Å². The maximum absolute atomic E-state index is 12.7. The molecule has 1 aromatic carbocycles. The number of carbonyl (C=O) groups is 1. The lowest BCUT2D eigenvalue weighted by atomic mass is 10.2. The van der Waals surface area contributed by atoms with Crippen molar-refractivity contribution in [2.75, 3.05) is 5.32 Å². The molecule has 1 heterocycles. The van der Waals surface area contributed by atoms with Gasteiger partial charge in [-0.3, -0.25) is 10.1 Å². The lowest BCUT2D eigenvalue weighted by Gasteiger charge is -2.01. The highest BCUT2D eigenvalue weighted by Crippen LogP contribution is 2.20. The Morgan fingerprint density at radius 3 is 2.67 bits per heavy atom. The van der Waals surface area contributed by atoms with Crippen LogP contribution >= 0.6 is 11.3 Å². The van der Waals surface area contributed by atoms with E-state index in [4.69, 9.17) is 0 Å². The van der Waals surface area contributed by atoms with E-state index in [9.17, 15) is 14.3 Å². The number of rotatable bonds is 3. The molecule has 1 atom stereocenters. The fourth-order valence-electron chi connectivity index (χ4n) is 1.31. The first-order valence-electron chi connectivity index (χ1n) is 5.26. The van der Waals surface area contributed by atoms with Gasteiger partial charge in [0, 0.05) is 10.9 Å². The molecule has 0 aliphatic heterocycles. The van der Waals surface area contributed by atoms with Crippen molar-refractivity contribution in [1.82, 2.24) is 4.98 Å². The van der Waals surface area contributed by atoms with Crippen LogP contribution in [0, 0.1) is 5.82 Å². The third-order valence-corrected chi connectivity index (χ3v) is 3.05. The van der Waals surface area contributed by atoms with Gasteiger partial charge in [-0.25, -0.2) is 9.37 Å². The van der Waals surface area contributed by atoms with E-state index in [0.29, 0.717) is 16.4 Å². The Balaban J connectivity index is 2.08. The summed E-state index contributed by atoms with van der Waals surface area (Å²) < 4.78 is 12.7. The van der Waals surface area contributed by atoms with Gasteiger partial charge < -0.3 is 5.11 Å². The predicted molar refractivity (Wildman–Crippen MR) is 67.1 cm³/mol. The molecule has 1 unspecified atom stereocenters. The van der Waals surface area contributed by atoms with Crippen molar-refractivity contribution in [1.29, 1.82) is 0 Å². The summed E-state index contributed by atoms with van der Waals surface area (Å²) in [5, 5.41) is 14.0. The van der Waals surface area contributed by atoms with Gasteiger partial charge in [-0.1, -0.05) is 0 Å². The summed E-state index contributed by atoms with van der Waals surface area (Å²) >= 11 is 1.23. The lowest BCUT2D eigenvalue weighted by molar-refractivity contribution is 0.102. The summed E-state index contributed by atoms with van der Waals surface area (Å²) in [5.41, 5.74) is 0.861. The highest BCUT2D eigenvalue weighted by molar-refractivity contribution is 7.14. The molecule has 1 amide bonds. The molecular weight excluding hydrogens is 255 g/mol. The fraction of sp³-hybridized carbons (Fsp3) is 0.167. The predicted octanol–water partition coefficient (Wildman–Crippen LogP) is 2.59. The Hall–Kier alpha value is -1.79. The number of hydrogen-bond acceptors (Lipinski definition) is 4. The van der Waals surface area contributed by atoms with Gasteiger partial charge in [0.1, 0.15) is 5.82 Å². The summed E-state index contributed by atoms with van der Waals surface area (Å²) in [6.07, 6.45) is -0.669. The van der Waals surface area contributed by atoms with E-state index in [0.717, 1.165) is 0 Å². The van der Waals surface area contributed by atoms with E-state index in [-0.39, 0.29) is 5.91 Å². The fourth-order valence-corrected chi connectivity index (χ4v) is 2.10. The monoisotopic (exact) mass is 266 g/mol. The number of thiazole rings is 1. The highest BCUT2D eigenvalue weighted by atomic mass is 32.1. The Morgan fingerprint density at radius 2 is 2.11 bits per heavy atom. The van der Waals surface area contributed by atoms with Gasteiger partial charge in [0.25, 0.3) is 5.91 Å². The van der Waals surface area contributed by atoms with Crippen molar-refractivity contribution in [3.8, 4) is 0 Å². The van der Waals surface area contributed by atoms with E-state index in [1.807, 2.05) is 0 Å². The summed E-state index contributed by atoms with van der Waals surface area (Å²) in [5.74, 6) is -0.751. The van der Waals surface area contributed by atoms with Crippen LogP contribution in [0.5, 0.6) is 0 Å². The van der Waals surface area contributed by atoms with E-state index in [2.05, 4.69) is 10.3 Å². The summed E-state index contributed by atoms with van der Waals surface area (Å²) in [6.45, 7) is 1.60. The number of halogens is 1. The maximum atomic E-state index is 12.7. The zero-order valence-corrected chi connectivity index (χ0v) is 10.4. The van der Waals surface area contributed by atoms with Gasteiger partial charge >= 0.3 is 0 Å². The topological polar surface area (TPSA) is 62.2 Å². The standard InChI is InChI=1S/C12H11FN2O2S/c1-7(16)10-6-18-12(14-10)15-11(17)8-2-4-9(13)5-3-8/h2-7,16H,1H3,(H,14,15,17). The summed E-state index contributed by atoms with van der Waals surface area (Å²) in [7, 11) is 0. The lowest BCUT2D eigenvalue weighted by Crippen LogP contribution is -2.11. The Kier molecular flexibility index (Phi) is 3.69. The van der Waals surface area contributed by atoms with Crippen molar-refractivity contribution < 1.29 is 14.3 Å². The van der Waals surface area contributed by atoms with Crippen LogP contribution in [0.4, 0.5) is 9.52 Å². The molecule has 0 spiro atoms. The van der Waals surface area contributed by atoms with Crippen LogP contribution in [0.1, 0.15) is 29.1 Å². The first-order valence-corrected chi connectivity index (χ1v) is 6.14. The number of aromatic nitrogens is 1. The molecule has 0 fully saturated rings. The number of anilines is 1. The van der Waals surface area contributed by atoms with Crippen LogP contribution < -0.4 is 5.32 Å². The molecule has 94 valence electrons. The number of amides is 1. The molecular formula is C12H11FN2O2S. The molecule has 18 heavy (non-hydrogen) atoms. The molecule has 1 aromatic heterocycles. The van der Waals surface area contributed by atoms with Crippen LogP contribution in [-0.2, 0) is 0 Å². The number of aliphatic hydroxyl groups excluding tert-OH is 1. The molecule has 0 bridgehead atoms. The first-order chi connectivity index (χ1) is 8.56. The maximum Gasteiger partial charge on any atom is 0.257 e. The van der Waals surface area contributed by atoms with Gasteiger partial charge in [0.2, 0.25) is 0 Å².